The number of hydrogen-bond donors (Lipinski definition) is 0. The number of fused-ring (bicyclic) bond motifs is 1. The van der Waals surface area contributed by atoms with Gasteiger partial charge < -0.3 is 14.4 Å². The summed E-state index contributed by atoms with van der Waals surface area (Å²) in [6.07, 6.45) is 0.129. The summed E-state index contributed by atoms with van der Waals surface area (Å²) < 4.78 is 36.7. The normalized spacial score (nSPS) is 11.9. The molecule has 0 saturated heterocycles. The molecular weight excluding hydrogens is 498 g/mol. The van der Waals surface area contributed by atoms with Crippen LogP contribution >= 0.6 is 11.3 Å². The molecule has 0 saturated carbocycles. The molecule has 36 heavy (non-hydrogen) atoms. The molecule has 0 spiro atoms. The predicted molar refractivity (Wildman–Crippen MR) is 145 cm³/mol. The third kappa shape index (κ3) is 5.99. The number of amides is 1. The summed E-state index contributed by atoms with van der Waals surface area (Å²) in [4.78, 5) is 22.6. The average molecular weight is 534 g/mol. The molecule has 0 fully saturated rings. The highest BCUT2D eigenvalue weighted by Gasteiger charge is 2.24. The van der Waals surface area contributed by atoms with Gasteiger partial charge in [0.25, 0.3) is 0 Å². The van der Waals surface area contributed by atoms with Gasteiger partial charge in [0.15, 0.2) is 15.0 Å². The number of nitrogens with zero attached hydrogens (tertiary/aromatic N) is 3. The van der Waals surface area contributed by atoms with Crippen LogP contribution in [0.2, 0.25) is 0 Å². The molecule has 0 radical (unpaired) electrons. The summed E-state index contributed by atoms with van der Waals surface area (Å²) in [7, 11) is -0.172. The minimum atomic E-state index is -3.37. The molecule has 10 heteroatoms. The zero-order chi connectivity index (χ0) is 26.5. The minimum absolute atomic E-state index is 0.112. The second-order valence-corrected chi connectivity index (χ2v) is 12.1. The number of ether oxygens (including phenoxy) is 2. The Kier molecular flexibility index (Phi) is 9.32. The Morgan fingerprint density at radius 3 is 2.14 bits per heavy atom. The third-order valence-corrected chi connectivity index (χ3v) is 9.46. The number of hydrogen-bond acceptors (Lipinski definition) is 8. The molecule has 1 amide bonds. The highest BCUT2D eigenvalue weighted by molar-refractivity contribution is 7.92. The Labute approximate surface area is 217 Å². The molecule has 0 aliphatic rings. The van der Waals surface area contributed by atoms with E-state index in [1.807, 2.05) is 6.07 Å². The lowest BCUT2D eigenvalue weighted by Gasteiger charge is -2.24. The molecule has 1 aromatic heterocycles. The van der Waals surface area contributed by atoms with Crippen molar-refractivity contribution in [2.45, 2.75) is 44.3 Å². The van der Waals surface area contributed by atoms with Crippen molar-refractivity contribution in [2.75, 3.05) is 45.3 Å². The first-order chi connectivity index (χ1) is 17.2. The van der Waals surface area contributed by atoms with E-state index in [-0.39, 0.29) is 17.2 Å². The maximum absolute atomic E-state index is 13.6. The highest BCUT2D eigenvalue weighted by atomic mass is 32.2. The molecule has 0 N–H and O–H groups in total. The first kappa shape index (κ1) is 27.9. The minimum Gasteiger partial charge on any atom is -0.495 e. The molecule has 3 rings (SSSR count). The number of aromatic nitrogens is 1. The fourth-order valence-electron chi connectivity index (χ4n) is 3.84. The lowest BCUT2D eigenvalue weighted by Crippen LogP contribution is -2.39. The van der Waals surface area contributed by atoms with E-state index >= 15 is 0 Å². The maximum atomic E-state index is 13.6. The first-order valence-corrected chi connectivity index (χ1v) is 14.4. The van der Waals surface area contributed by atoms with Crippen LogP contribution < -0.4 is 14.4 Å². The number of carbonyl (C=O) groups is 1. The molecule has 0 aliphatic carbocycles. The summed E-state index contributed by atoms with van der Waals surface area (Å²) in [6.45, 7) is 10.4. The molecule has 3 aromatic rings. The van der Waals surface area contributed by atoms with Gasteiger partial charge in [0.2, 0.25) is 5.91 Å². The number of benzene rings is 2. The standard InChI is InChI=1S/C26H35N3O5S2/c1-7-28(8-2)15-16-29(26-27-24-21(33-5)13-14-22(34-6)25(24)35-26)23(30)17-19-9-11-20(12-10-19)36(31,32)18(3)4/h9-14,18H,7-8,15-17H2,1-6H3. The van der Waals surface area contributed by atoms with Gasteiger partial charge >= 0.3 is 0 Å². The molecule has 0 bridgehead atoms. The van der Waals surface area contributed by atoms with E-state index in [1.165, 1.54) is 11.3 Å². The number of anilines is 1. The number of carbonyl (C=O) groups excluding carboxylic acids is 1. The number of sulfone groups is 1. The Bertz CT molecular complexity index is 1240. The van der Waals surface area contributed by atoms with E-state index in [2.05, 4.69) is 18.7 Å². The van der Waals surface area contributed by atoms with Crippen LogP contribution in [-0.4, -0.2) is 69.9 Å². The molecule has 1 heterocycles. The van der Waals surface area contributed by atoms with E-state index in [9.17, 15) is 13.2 Å². The SMILES string of the molecule is CCN(CC)CCN(C(=O)Cc1ccc(S(=O)(=O)C(C)C)cc1)c1nc2c(OC)ccc(OC)c2s1. The average Bonchev–Trinajstić information content (AvgIpc) is 3.31. The Morgan fingerprint density at radius 2 is 1.58 bits per heavy atom. The van der Waals surface area contributed by atoms with Crippen LogP contribution in [0, 0.1) is 0 Å². The Balaban J connectivity index is 1.94. The quantitative estimate of drug-likeness (QED) is 0.341. The van der Waals surface area contributed by atoms with Gasteiger partial charge in [0, 0.05) is 13.1 Å². The number of methoxy groups -OCH3 is 2. The summed E-state index contributed by atoms with van der Waals surface area (Å²) in [5, 5.41) is 0.0672. The lowest BCUT2D eigenvalue weighted by atomic mass is 10.1. The monoisotopic (exact) mass is 533 g/mol. The third-order valence-electron chi connectivity index (χ3n) is 6.19. The molecule has 0 unspecified atom stereocenters. The Morgan fingerprint density at radius 1 is 0.972 bits per heavy atom. The van der Waals surface area contributed by atoms with Gasteiger partial charge in [-0.05, 0) is 56.8 Å². The highest BCUT2D eigenvalue weighted by Crippen LogP contribution is 2.40. The lowest BCUT2D eigenvalue weighted by molar-refractivity contribution is -0.118. The van der Waals surface area contributed by atoms with Gasteiger partial charge in [-0.1, -0.05) is 37.3 Å². The van der Waals surface area contributed by atoms with Crippen molar-refractivity contribution in [3.63, 3.8) is 0 Å². The topological polar surface area (TPSA) is 89.0 Å². The van der Waals surface area contributed by atoms with Crippen LogP contribution in [0.25, 0.3) is 10.2 Å². The van der Waals surface area contributed by atoms with E-state index in [4.69, 9.17) is 14.5 Å². The largest absolute Gasteiger partial charge is 0.495 e. The van der Waals surface area contributed by atoms with Crippen LogP contribution in [0.4, 0.5) is 5.13 Å². The summed E-state index contributed by atoms with van der Waals surface area (Å²) in [6, 6.07) is 10.2. The first-order valence-electron chi connectivity index (χ1n) is 12.0. The van der Waals surface area contributed by atoms with Crippen LogP contribution in [0.15, 0.2) is 41.3 Å². The fourth-order valence-corrected chi connectivity index (χ4v) is 6.01. The molecule has 0 aliphatic heterocycles. The summed E-state index contributed by atoms with van der Waals surface area (Å²) in [5.41, 5.74) is 1.40. The van der Waals surface area contributed by atoms with Crippen molar-refractivity contribution < 1.29 is 22.7 Å². The molecule has 0 atom stereocenters. The van der Waals surface area contributed by atoms with Gasteiger partial charge in [0.05, 0.1) is 30.8 Å². The van der Waals surface area contributed by atoms with Gasteiger partial charge in [-0.15, -0.1) is 0 Å². The smallest absolute Gasteiger partial charge is 0.233 e. The maximum Gasteiger partial charge on any atom is 0.233 e. The van der Waals surface area contributed by atoms with E-state index < -0.39 is 15.1 Å². The van der Waals surface area contributed by atoms with Crippen molar-refractivity contribution in [1.82, 2.24) is 9.88 Å². The van der Waals surface area contributed by atoms with Crippen molar-refractivity contribution >= 4 is 42.4 Å². The molecule has 2 aromatic carbocycles. The fraction of sp³-hybridized carbons (Fsp3) is 0.462. The molecule has 8 nitrogen and oxygen atoms in total. The van der Waals surface area contributed by atoms with E-state index in [1.54, 1.807) is 63.3 Å². The van der Waals surface area contributed by atoms with E-state index in [0.717, 1.165) is 23.4 Å². The van der Waals surface area contributed by atoms with Crippen molar-refractivity contribution in [2.24, 2.45) is 0 Å². The predicted octanol–water partition coefficient (Wildman–Crippen LogP) is 4.41. The second-order valence-electron chi connectivity index (χ2n) is 8.63. The van der Waals surface area contributed by atoms with Crippen LogP contribution in [0.5, 0.6) is 11.5 Å². The van der Waals surface area contributed by atoms with Gasteiger partial charge in [-0.2, -0.15) is 0 Å². The summed E-state index contributed by atoms with van der Waals surface area (Å²) >= 11 is 1.39. The zero-order valence-electron chi connectivity index (χ0n) is 21.8. The van der Waals surface area contributed by atoms with Crippen LogP contribution in [0.3, 0.4) is 0 Å². The number of likely N-dealkylation sites (N-methyl/N-ethyl adjacent to an activating group) is 1. The number of rotatable bonds is 12. The van der Waals surface area contributed by atoms with Crippen molar-refractivity contribution in [3.8, 4) is 11.5 Å². The van der Waals surface area contributed by atoms with Crippen molar-refractivity contribution in [1.29, 1.82) is 0 Å². The zero-order valence-corrected chi connectivity index (χ0v) is 23.4. The second kappa shape index (κ2) is 12.0. The van der Waals surface area contributed by atoms with Crippen LogP contribution in [-0.2, 0) is 21.1 Å². The van der Waals surface area contributed by atoms with Crippen LogP contribution in [0.1, 0.15) is 33.3 Å². The van der Waals surface area contributed by atoms with Gasteiger partial charge in [-0.3, -0.25) is 9.69 Å². The van der Waals surface area contributed by atoms with Gasteiger partial charge in [-0.25, -0.2) is 13.4 Å². The molecular formula is C26H35N3O5S2. The van der Waals surface area contributed by atoms with E-state index in [0.29, 0.717) is 35.2 Å². The molecule has 196 valence electrons. The number of thiazole rings is 1. The summed E-state index contributed by atoms with van der Waals surface area (Å²) in [5.74, 6) is 1.18. The van der Waals surface area contributed by atoms with Gasteiger partial charge in [0.1, 0.15) is 21.7 Å². The Hall–Kier alpha value is -2.69. The van der Waals surface area contributed by atoms with Crippen molar-refractivity contribution in [3.05, 3.63) is 42.0 Å².